The maximum absolute atomic E-state index is 14.3. The van der Waals surface area contributed by atoms with Crippen LogP contribution < -0.4 is 26.3 Å². The number of nitrogens with two attached hydrogens (primary N) is 2. The summed E-state index contributed by atoms with van der Waals surface area (Å²) in [5.74, 6) is -3.42. The van der Waals surface area contributed by atoms with E-state index in [4.69, 9.17) is 26.1 Å². The number of oxime groups is 1. The molecule has 0 fully saturated rings. The number of methoxy groups -OCH3 is 1. The fourth-order valence-electron chi connectivity index (χ4n) is 3.66. The summed E-state index contributed by atoms with van der Waals surface area (Å²) >= 11 is 0. The van der Waals surface area contributed by atoms with Gasteiger partial charge in [-0.1, -0.05) is 5.16 Å². The van der Waals surface area contributed by atoms with Crippen molar-refractivity contribution in [2.75, 3.05) is 20.3 Å². The van der Waals surface area contributed by atoms with Gasteiger partial charge in [0.1, 0.15) is 18.3 Å². The van der Waals surface area contributed by atoms with Crippen LogP contribution in [0, 0.1) is 5.82 Å². The maximum Gasteiger partial charge on any atom is 0.398 e. The van der Waals surface area contributed by atoms with Gasteiger partial charge in [0.05, 0.1) is 18.5 Å². The second-order valence-corrected chi connectivity index (χ2v) is 9.44. The molecule has 0 aliphatic rings. The largest absolute Gasteiger partial charge is 0.493 e. The predicted molar refractivity (Wildman–Crippen MR) is 140 cm³/mol. The fraction of sp³-hybridized carbons (Fsp3) is 0.296. The van der Waals surface area contributed by atoms with Gasteiger partial charge in [-0.15, -0.1) is 0 Å². The molecular weight excluding hydrogens is 534 g/mol. The maximum atomic E-state index is 14.3. The Bertz CT molecular complexity index is 1370. The van der Waals surface area contributed by atoms with Gasteiger partial charge in [-0.3, -0.25) is 9.78 Å². The molecule has 0 bridgehead atoms. The van der Waals surface area contributed by atoms with Gasteiger partial charge in [0.15, 0.2) is 17.3 Å². The van der Waals surface area contributed by atoms with E-state index in [1.54, 1.807) is 19.9 Å². The lowest BCUT2D eigenvalue weighted by atomic mass is 9.91. The molecule has 0 spiro atoms. The summed E-state index contributed by atoms with van der Waals surface area (Å²) < 4.78 is 66.8. The van der Waals surface area contributed by atoms with E-state index < -0.39 is 35.9 Å². The Balaban J connectivity index is 1.90. The number of pyridine rings is 1. The van der Waals surface area contributed by atoms with E-state index in [0.29, 0.717) is 11.1 Å². The van der Waals surface area contributed by atoms with Gasteiger partial charge in [-0.05, 0) is 74.0 Å². The van der Waals surface area contributed by atoms with E-state index in [2.05, 4.69) is 15.5 Å². The van der Waals surface area contributed by atoms with E-state index in [-0.39, 0.29) is 40.9 Å². The summed E-state index contributed by atoms with van der Waals surface area (Å²) in [6.07, 6.45) is -4.78. The highest BCUT2D eigenvalue weighted by Crippen LogP contribution is 2.36. The quantitative estimate of drug-likeness (QED) is 0.0947. The van der Waals surface area contributed by atoms with Crippen LogP contribution in [0.2, 0.25) is 0 Å². The zero-order valence-electron chi connectivity index (χ0n) is 21.9. The normalized spacial score (nSPS) is 13.1. The summed E-state index contributed by atoms with van der Waals surface area (Å²) in [5.41, 5.74) is 11.2. The van der Waals surface area contributed by atoms with Gasteiger partial charge in [0.25, 0.3) is 5.91 Å². The Morgan fingerprint density at radius 3 is 2.35 bits per heavy atom. The number of nitrogens with one attached hydrogen (secondary N) is 1. The van der Waals surface area contributed by atoms with Gasteiger partial charge in [0.2, 0.25) is 0 Å². The number of benzene rings is 2. The van der Waals surface area contributed by atoms with Crippen molar-refractivity contribution in [3.63, 3.8) is 0 Å². The molecule has 1 unspecified atom stereocenters. The van der Waals surface area contributed by atoms with E-state index in [0.717, 1.165) is 0 Å². The van der Waals surface area contributed by atoms with E-state index >= 15 is 0 Å². The molecule has 214 valence electrons. The van der Waals surface area contributed by atoms with Crippen molar-refractivity contribution in [2.24, 2.45) is 16.6 Å². The highest BCUT2D eigenvalue weighted by molar-refractivity contribution is 5.95. The minimum Gasteiger partial charge on any atom is -0.493 e. The zero-order chi connectivity index (χ0) is 29.7. The third-order valence-electron chi connectivity index (χ3n) is 5.88. The molecule has 0 saturated carbocycles. The Labute approximate surface area is 227 Å². The molecule has 1 heterocycles. The van der Waals surface area contributed by atoms with E-state index in [1.165, 1.54) is 55.6 Å². The molecule has 0 saturated heterocycles. The summed E-state index contributed by atoms with van der Waals surface area (Å²) in [6, 6.07) is 12.0. The van der Waals surface area contributed by atoms with Crippen LogP contribution in [0.1, 0.15) is 41.4 Å². The van der Waals surface area contributed by atoms with Crippen molar-refractivity contribution < 1.29 is 37.0 Å². The fourth-order valence-corrected chi connectivity index (χ4v) is 3.66. The third-order valence-corrected chi connectivity index (χ3v) is 5.88. The second kappa shape index (κ2) is 12.2. The third kappa shape index (κ3) is 7.59. The molecule has 1 amide bonds. The standard InChI is InChI=1S/C27H29F4N5O4/c1-26(2,33)17-11-20(15-4-7-18(28)8-5-15)35-21(12-17)19(27(29,30)31)13-34-25(37)16-6-9-22(23(10-16)39-3)40-14-24(32)36-38/h4-12,19,38H,13-14,33H2,1-3H3,(H2,32,36)(H,34,37). The lowest BCUT2D eigenvalue weighted by molar-refractivity contribution is -0.149. The number of amidine groups is 1. The van der Waals surface area contributed by atoms with Gasteiger partial charge in [-0.2, -0.15) is 13.2 Å². The Morgan fingerprint density at radius 2 is 1.77 bits per heavy atom. The SMILES string of the molecule is COc1cc(C(=O)NCC(c2cc(C(C)(C)N)cc(-c3ccc(F)cc3)n2)C(F)(F)F)ccc1OC/C(N)=N/O. The average Bonchev–Trinajstić information content (AvgIpc) is 2.90. The Hall–Kier alpha value is -4.39. The molecule has 6 N–H and O–H groups in total. The van der Waals surface area contributed by atoms with Crippen LogP contribution in [0.3, 0.4) is 0 Å². The minimum atomic E-state index is -4.78. The lowest BCUT2D eigenvalue weighted by Crippen LogP contribution is -2.36. The molecular formula is C27H29F4N5O4. The van der Waals surface area contributed by atoms with E-state index in [9.17, 15) is 22.4 Å². The highest BCUT2D eigenvalue weighted by Gasteiger charge is 2.42. The number of alkyl halides is 3. The van der Waals surface area contributed by atoms with Crippen LogP contribution in [0.25, 0.3) is 11.3 Å². The number of carbonyl (C=O) groups excluding carboxylic acids is 1. The molecule has 40 heavy (non-hydrogen) atoms. The molecule has 3 rings (SSSR count). The first-order chi connectivity index (χ1) is 18.7. The summed E-state index contributed by atoms with van der Waals surface area (Å²) in [5, 5.41) is 13.7. The van der Waals surface area contributed by atoms with Crippen molar-refractivity contribution in [1.29, 1.82) is 0 Å². The summed E-state index contributed by atoms with van der Waals surface area (Å²) in [7, 11) is 1.31. The van der Waals surface area contributed by atoms with Crippen LogP contribution in [-0.4, -0.2) is 48.4 Å². The molecule has 3 aromatic rings. The topological polar surface area (TPSA) is 145 Å². The molecule has 0 radical (unpaired) electrons. The van der Waals surface area contributed by atoms with Crippen LogP contribution >= 0.6 is 0 Å². The Kier molecular flexibility index (Phi) is 9.20. The van der Waals surface area contributed by atoms with Crippen molar-refractivity contribution in [1.82, 2.24) is 10.3 Å². The molecule has 0 aliphatic carbocycles. The van der Waals surface area contributed by atoms with Crippen molar-refractivity contribution in [3.05, 3.63) is 77.2 Å². The van der Waals surface area contributed by atoms with Crippen LogP contribution in [-0.2, 0) is 5.54 Å². The van der Waals surface area contributed by atoms with Crippen LogP contribution in [0.15, 0.2) is 59.8 Å². The van der Waals surface area contributed by atoms with Gasteiger partial charge in [-0.25, -0.2) is 4.39 Å². The summed E-state index contributed by atoms with van der Waals surface area (Å²) in [4.78, 5) is 17.0. The first-order valence-electron chi connectivity index (χ1n) is 11.9. The molecule has 0 aliphatic heterocycles. The van der Waals surface area contributed by atoms with Gasteiger partial charge in [0, 0.05) is 23.2 Å². The van der Waals surface area contributed by atoms with Crippen molar-refractivity contribution >= 4 is 11.7 Å². The van der Waals surface area contributed by atoms with Crippen molar-refractivity contribution in [2.45, 2.75) is 31.5 Å². The van der Waals surface area contributed by atoms with Crippen molar-refractivity contribution in [3.8, 4) is 22.8 Å². The van der Waals surface area contributed by atoms with Gasteiger partial charge < -0.3 is 31.5 Å². The smallest absolute Gasteiger partial charge is 0.398 e. The molecule has 1 aromatic heterocycles. The number of ether oxygens (including phenoxy) is 2. The number of amides is 1. The highest BCUT2D eigenvalue weighted by atomic mass is 19.4. The van der Waals surface area contributed by atoms with E-state index in [1.807, 2.05) is 0 Å². The molecule has 13 heteroatoms. The van der Waals surface area contributed by atoms with Crippen LogP contribution in [0.4, 0.5) is 17.6 Å². The number of hydrogen-bond donors (Lipinski definition) is 4. The first kappa shape index (κ1) is 30.2. The number of carbonyl (C=O) groups is 1. The second-order valence-electron chi connectivity index (χ2n) is 9.44. The Morgan fingerprint density at radius 1 is 1.10 bits per heavy atom. The first-order valence-corrected chi connectivity index (χ1v) is 11.9. The zero-order valence-corrected chi connectivity index (χ0v) is 21.9. The monoisotopic (exact) mass is 563 g/mol. The molecule has 2 aromatic carbocycles. The van der Waals surface area contributed by atoms with Gasteiger partial charge >= 0.3 is 6.18 Å². The summed E-state index contributed by atoms with van der Waals surface area (Å²) in [6.45, 7) is 2.18. The number of rotatable bonds is 10. The minimum absolute atomic E-state index is 0.00530. The predicted octanol–water partition coefficient (Wildman–Crippen LogP) is 4.29. The number of aromatic nitrogens is 1. The number of halogens is 4. The van der Waals surface area contributed by atoms with Crippen LogP contribution in [0.5, 0.6) is 11.5 Å². The number of hydrogen-bond acceptors (Lipinski definition) is 7. The molecule has 1 atom stereocenters. The molecule has 9 nitrogen and oxygen atoms in total. The average molecular weight is 564 g/mol. The lowest BCUT2D eigenvalue weighted by Gasteiger charge is -2.25. The number of nitrogens with zero attached hydrogens (tertiary/aromatic N) is 2.